The quantitative estimate of drug-likeness (QED) is 0.685. The van der Waals surface area contributed by atoms with Crippen LogP contribution in [0.25, 0.3) is 11.3 Å². The molecule has 2 atom stereocenters. The van der Waals surface area contributed by atoms with Crippen LogP contribution >= 0.6 is 0 Å². The average Bonchev–Trinajstić information content (AvgIpc) is 2.93. The summed E-state index contributed by atoms with van der Waals surface area (Å²) in [6.07, 6.45) is 6.51. The summed E-state index contributed by atoms with van der Waals surface area (Å²) in [7, 11) is 2.19. The maximum atomic E-state index is 2.47. The van der Waals surface area contributed by atoms with E-state index < -0.39 is 0 Å². The number of aromatic nitrogens is 1. The van der Waals surface area contributed by atoms with Crippen molar-refractivity contribution in [2.75, 3.05) is 0 Å². The second kappa shape index (κ2) is 3.94. The van der Waals surface area contributed by atoms with Crippen molar-refractivity contribution in [2.24, 2.45) is 7.05 Å². The molecule has 2 aromatic rings. The predicted molar refractivity (Wildman–Crippen MR) is 81.7 cm³/mol. The molecule has 0 N–H and O–H groups in total. The normalized spacial score (nSPS) is 26.9. The van der Waals surface area contributed by atoms with E-state index in [1.807, 2.05) is 0 Å². The van der Waals surface area contributed by atoms with Crippen LogP contribution in [0.5, 0.6) is 0 Å². The fraction of sp³-hybridized carbons (Fsp3) is 0.421. The standard InChI is InChI=1S/C19H22N/c1-13-6-4-5-7-15(13)18-10-16-14-8-9-19(2,11-14)17(16)12-20(18)3/h4-7,10,12,14H,8-9,11H2,1-3H3/q+1. The maximum Gasteiger partial charge on any atom is 0.212 e. The van der Waals surface area contributed by atoms with Gasteiger partial charge in [-0.15, -0.1) is 0 Å². The van der Waals surface area contributed by atoms with Crippen molar-refractivity contribution in [1.82, 2.24) is 0 Å². The number of pyridine rings is 1. The Morgan fingerprint density at radius 1 is 1.25 bits per heavy atom. The molecule has 4 rings (SSSR count). The number of benzene rings is 1. The number of rotatable bonds is 1. The smallest absolute Gasteiger partial charge is 0.201 e. The minimum atomic E-state index is 0.446. The molecule has 0 aliphatic heterocycles. The Morgan fingerprint density at radius 2 is 2.05 bits per heavy atom. The third-order valence-corrected chi connectivity index (χ3v) is 5.56. The van der Waals surface area contributed by atoms with Gasteiger partial charge in [0.15, 0.2) is 6.20 Å². The van der Waals surface area contributed by atoms with Crippen LogP contribution in [0.15, 0.2) is 36.5 Å². The van der Waals surface area contributed by atoms with Crippen LogP contribution in [0.3, 0.4) is 0 Å². The molecule has 0 saturated heterocycles. The molecule has 1 heteroatoms. The Morgan fingerprint density at radius 3 is 2.85 bits per heavy atom. The lowest BCUT2D eigenvalue weighted by Gasteiger charge is -2.22. The highest BCUT2D eigenvalue weighted by Crippen LogP contribution is 2.56. The van der Waals surface area contributed by atoms with Gasteiger partial charge in [-0.1, -0.05) is 25.1 Å². The van der Waals surface area contributed by atoms with Crippen LogP contribution in [-0.4, -0.2) is 0 Å². The minimum Gasteiger partial charge on any atom is -0.201 e. The number of aryl methyl sites for hydroxylation is 2. The first-order valence-corrected chi connectivity index (χ1v) is 7.68. The summed E-state index contributed by atoms with van der Waals surface area (Å²) in [5, 5.41) is 0. The summed E-state index contributed by atoms with van der Waals surface area (Å²) < 4.78 is 2.33. The van der Waals surface area contributed by atoms with Gasteiger partial charge in [0.2, 0.25) is 5.69 Å². The molecule has 2 aliphatic carbocycles. The van der Waals surface area contributed by atoms with Crippen LogP contribution in [0.1, 0.15) is 48.8 Å². The first kappa shape index (κ1) is 12.1. The monoisotopic (exact) mass is 264 g/mol. The molecule has 0 radical (unpaired) electrons. The van der Waals surface area contributed by atoms with Crippen molar-refractivity contribution in [3.8, 4) is 11.3 Å². The lowest BCUT2D eigenvalue weighted by atomic mass is 9.81. The van der Waals surface area contributed by atoms with Gasteiger partial charge in [0.05, 0.1) is 0 Å². The highest BCUT2D eigenvalue weighted by molar-refractivity contribution is 5.63. The van der Waals surface area contributed by atoms with Gasteiger partial charge in [0, 0.05) is 17.2 Å². The molecule has 1 nitrogen and oxygen atoms in total. The van der Waals surface area contributed by atoms with Gasteiger partial charge < -0.3 is 0 Å². The summed E-state index contributed by atoms with van der Waals surface area (Å²) in [5.74, 6) is 0.805. The predicted octanol–water partition coefficient (Wildman–Crippen LogP) is 4.03. The van der Waals surface area contributed by atoms with Crippen molar-refractivity contribution in [2.45, 2.75) is 44.4 Å². The van der Waals surface area contributed by atoms with E-state index in [9.17, 15) is 0 Å². The molecule has 0 spiro atoms. The Bertz CT molecular complexity index is 701. The summed E-state index contributed by atoms with van der Waals surface area (Å²) in [4.78, 5) is 0. The molecule has 1 heterocycles. The first-order valence-electron chi connectivity index (χ1n) is 7.68. The Hall–Kier alpha value is -1.63. The summed E-state index contributed by atoms with van der Waals surface area (Å²) >= 11 is 0. The molecular weight excluding hydrogens is 242 g/mol. The van der Waals surface area contributed by atoms with Crippen LogP contribution in [0.2, 0.25) is 0 Å². The van der Waals surface area contributed by atoms with E-state index in [1.54, 1.807) is 11.1 Å². The van der Waals surface area contributed by atoms with E-state index in [0.717, 1.165) is 5.92 Å². The molecule has 1 fully saturated rings. The lowest BCUT2D eigenvalue weighted by molar-refractivity contribution is -0.661. The van der Waals surface area contributed by atoms with Gasteiger partial charge in [-0.2, -0.15) is 0 Å². The zero-order chi connectivity index (χ0) is 13.9. The fourth-order valence-electron chi connectivity index (χ4n) is 4.39. The van der Waals surface area contributed by atoms with Crippen molar-refractivity contribution in [3.05, 3.63) is 53.2 Å². The van der Waals surface area contributed by atoms with Crippen molar-refractivity contribution < 1.29 is 4.57 Å². The van der Waals surface area contributed by atoms with E-state index in [4.69, 9.17) is 0 Å². The van der Waals surface area contributed by atoms with Gasteiger partial charge in [0.25, 0.3) is 0 Å². The zero-order valence-electron chi connectivity index (χ0n) is 12.6. The highest BCUT2D eigenvalue weighted by Gasteiger charge is 2.47. The summed E-state index contributed by atoms with van der Waals surface area (Å²) in [5.41, 5.74) is 7.76. The summed E-state index contributed by atoms with van der Waals surface area (Å²) in [6.45, 7) is 4.66. The van der Waals surface area contributed by atoms with Gasteiger partial charge in [0.1, 0.15) is 7.05 Å². The maximum absolute atomic E-state index is 2.47. The molecule has 1 aromatic heterocycles. The molecule has 2 aliphatic rings. The minimum absolute atomic E-state index is 0.446. The van der Waals surface area contributed by atoms with Crippen molar-refractivity contribution in [1.29, 1.82) is 0 Å². The molecule has 0 amide bonds. The van der Waals surface area contributed by atoms with Gasteiger partial charge in [-0.25, -0.2) is 4.57 Å². The van der Waals surface area contributed by atoms with Crippen LogP contribution < -0.4 is 4.57 Å². The van der Waals surface area contributed by atoms with E-state index in [-0.39, 0.29) is 0 Å². The highest BCUT2D eigenvalue weighted by atomic mass is 14.9. The molecule has 2 bridgehead atoms. The molecule has 2 unspecified atom stereocenters. The van der Waals surface area contributed by atoms with Crippen molar-refractivity contribution >= 4 is 0 Å². The molecular formula is C19H22N+. The third-order valence-electron chi connectivity index (χ3n) is 5.56. The van der Waals surface area contributed by atoms with E-state index in [0.29, 0.717) is 5.41 Å². The topological polar surface area (TPSA) is 3.88 Å². The molecule has 1 saturated carbocycles. The van der Waals surface area contributed by atoms with E-state index in [2.05, 4.69) is 62.0 Å². The fourth-order valence-corrected chi connectivity index (χ4v) is 4.39. The third kappa shape index (κ3) is 1.52. The number of hydrogen-bond acceptors (Lipinski definition) is 0. The van der Waals surface area contributed by atoms with Crippen LogP contribution in [0, 0.1) is 6.92 Å². The zero-order valence-corrected chi connectivity index (χ0v) is 12.6. The number of fused-ring (bicyclic) bond motifs is 5. The van der Waals surface area contributed by atoms with Gasteiger partial charge >= 0.3 is 0 Å². The first-order chi connectivity index (χ1) is 9.58. The Balaban J connectivity index is 1.93. The molecule has 102 valence electrons. The van der Waals surface area contributed by atoms with Gasteiger partial charge in [-0.3, -0.25) is 0 Å². The Labute approximate surface area is 121 Å². The SMILES string of the molecule is Cc1ccccc1-c1cc2c(c[n+]1C)C1(C)CCC2C1. The molecule has 1 aromatic carbocycles. The van der Waals surface area contributed by atoms with E-state index in [1.165, 1.54) is 36.1 Å². The second-order valence-electron chi connectivity index (χ2n) is 6.95. The molecule has 20 heavy (non-hydrogen) atoms. The second-order valence-corrected chi connectivity index (χ2v) is 6.95. The summed E-state index contributed by atoms with van der Waals surface area (Å²) in [6, 6.07) is 11.2. The van der Waals surface area contributed by atoms with Crippen LogP contribution in [0.4, 0.5) is 0 Å². The number of nitrogens with zero attached hydrogens (tertiary/aromatic N) is 1. The van der Waals surface area contributed by atoms with Crippen LogP contribution in [-0.2, 0) is 12.5 Å². The van der Waals surface area contributed by atoms with Gasteiger partial charge in [-0.05, 0) is 54.7 Å². The average molecular weight is 264 g/mol. The lowest BCUT2D eigenvalue weighted by Crippen LogP contribution is -2.34. The largest absolute Gasteiger partial charge is 0.212 e. The Kier molecular flexibility index (Phi) is 2.39. The van der Waals surface area contributed by atoms with E-state index >= 15 is 0 Å². The van der Waals surface area contributed by atoms with Crippen molar-refractivity contribution in [3.63, 3.8) is 0 Å². The number of hydrogen-bond donors (Lipinski definition) is 0.